The van der Waals surface area contributed by atoms with Gasteiger partial charge < -0.3 is 15.7 Å². The smallest absolute Gasteiger partial charge is 0.319 e. The first-order valence-electron chi connectivity index (χ1n) is 5.57. The highest BCUT2D eigenvalue weighted by Gasteiger charge is 2.10. The predicted molar refractivity (Wildman–Crippen MR) is 74.3 cm³/mol. The number of rotatable bonds is 4. The number of hydrogen-bond donors (Lipinski definition) is 3. The van der Waals surface area contributed by atoms with E-state index in [0.29, 0.717) is 15.7 Å². The number of nitrogens with one attached hydrogen (secondary N) is 2. The molecule has 1 rings (SSSR count). The third kappa shape index (κ3) is 5.12. The van der Waals surface area contributed by atoms with Crippen molar-refractivity contribution in [1.82, 2.24) is 5.32 Å². The molecule has 0 aromatic heterocycles. The van der Waals surface area contributed by atoms with Gasteiger partial charge in [-0.25, -0.2) is 4.79 Å². The van der Waals surface area contributed by atoms with Gasteiger partial charge in [-0.05, 0) is 24.1 Å². The van der Waals surface area contributed by atoms with Gasteiger partial charge in [0.25, 0.3) is 0 Å². The van der Waals surface area contributed by atoms with Crippen LogP contribution < -0.4 is 10.6 Å². The number of carbonyl (C=O) groups is 1. The van der Waals surface area contributed by atoms with Crippen molar-refractivity contribution in [2.24, 2.45) is 5.92 Å². The van der Waals surface area contributed by atoms with Crippen molar-refractivity contribution in [3.05, 3.63) is 28.2 Å². The molecule has 0 aliphatic heterocycles. The van der Waals surface area contributed by atoms with Gasteiger partial charge in [0.2, 0.25) is 0 Å². The summed E-state index contributed by atoms with van der Waals surface area (Å²) in [7, 11) is 0. The maximum absolute atomic E-state index is 11.5. The van der Waals surface area contributed by atoms with E-state index in [1.54, 1.807) is 18.2 Å². The fourth-order valence-corrected chi connectivity index (χ4v) is 1.76. The molecule has 0 aliphatic carbocycles. The summed E-state index contributed by atoms with van der Waals surface area (Å²) < 4.78 is 0. The second-order valence-corrected chi connectivity index (χ2v) is 5.18. The molecule has 6 heteroatoms. The first-order valence-corrected chi connectivity index (χ1v) is 6.33. The zero-order valence-corrected chi connectivity index (χ0v) is 11.7. The van der Waals surface area contributed by atoms with Crippen molar-refractivity contribution in [2.75, 3.05) is 11.9 Å². The lowest BCUT2D eigenvalue weighted by Crippen LogP contribution is -2.37. The monoisotopic (exact) mass is 290 g/mol. The first kappa shape index (κ1) is 15.1. The Morgan fingerprint density at radius 1 is 1.28 bits per heavy atom. The Morgan fingerprint density at radius 3 is 2.33 bits per heavy atom. The lowest BCUT2D eigenvalue weighted by molar-refractivity contribution is 0.126. The number of aliphatic hydroxyl groups is 1. The average molecular weight is 291 g/mol. The van der Waals surface area contributed by atoms with Crippen LogP contribution in [0, 0.1) is 5.92 Å². The van der Waals surface area contributed by atoms with E-state index in [-0.39, 0.29) is 12.5 Å². The molecule has 0 saturated heterocycles. The highest BCUT2D eigenvalue weighted by atomic mass is 35.5. The van der Waals surface area contributed by atoms with Gasteiger partial charge in [-0.1, -0.05) is 37.0 Å². The summed E-state index contributed by atoms with van der Waals surface area (Å²) in [5.41, 5.74) is 0.504. The average Bonchev–Trinajstić information content (AvgIpc) is 2.24. The van der Waals surface area contributed by atoms with E-state index in [4.69, 9.17) is 23.2 Å². The van der Waals surface area contributed by atoms with Crippen LogP contribution in [0.25, 0.3) is 0 Å². The van der Waals surface area contributed by atoms with E-state index in [2.05, 4.69) is 10.6 Å². The summed E-state index contributed by atoms with van der Waals surface area (Å²) >= 11 is 11.6. The number of amides is 2. The molecular formula is C12H16Cl2N2O2. The predicted octanol–water partition coefficient (Wildman–Crippen LogP) is 3.13. The lowest BCUT2D eigenvalue weighted by Gasteiger charge is -2.15. The van der Waals surface area contributed by atoms with E-state index in [9.17, 15) is 9.90 Å². The summed E-state index contributed by atoms with van der Waals surface area (Å²) in [4.78, 5) is 11.5. The van der Waals surface area contributed by atoms with E-state index in [0.717, 1.165) is 0 Å². The van der Waals surface area contributed by atoms with Crippen LogP contribution in [0.2, 0.25) is 10.0 Å². The Morgan fingerprint density at radius 2 is 1.83 bits per heavy atom. The molecule has 0 radical (unpaired) electrons. The molecule has 3 N–H and O–H groups in total. The molecule has 0 aliphatic rings. The summed E-state index contributed by atoms with van der Waals surface area (Å²) in [5.74, 6) is 0.0888. The Bertz CT molecular complexity index is 404. The van der Waals surface area contributed by atoms with E-state index in [1.807, 2.05) is 13.8 Å². The molecular weight excluding hydrogens is 275 g/mol. The van der Waals surface area contributed by atoms with Crippen molar-refractivity contribution in [3.63, 3.8) is 0 Å². The number of aliphatic hydroxyl groups excluding tert-OH is 1. The molecule has 2 amide bonds. The van der Waals surface area contributed by atoms with Crippen LogP contribution in [0.1, 0.15) is 13.8 Å². The largest absolute Gasteiger partial charge is 0.391 e. The van der Waals surface area contributed by atoms with Crippen molar-refractivity contribution in [2.45, 2.75) is 20.0 Å². The summed E-state index contributed by atoms with van der Waals surface area (Å²) in [6, 6.07) is 4.35. The van der Waals surface area contributed by atoms with Gasteiger partial charge in [0, 0.05) is 22.3 Å². The summed E-state index contributed by atoms with van der Waals surface area (Å²) in [6.07, 6.45) is -0.571. The van der Waals surface area contributed by atoms with Crippen LogP contribution in [0.5, 0.6) is 0 Å². The van der Waals surface area contributed by atoms with Crippen molar-refractivity contribution in [1.29, 1.82) is 0 Å². The Hall–Kier alpha value is -0.970. The normalized spacial score (nSPS) is 12.3. The molecule has 4 nitrogen and oxygen atoms in total. The van der Waals surface area contributed by atoms with Gasteiger partial charge in [0.05, 0.1) is 6.10 Å². The molecule has 1 unspecified atom stereocenters. The fourth-order valence-electron chi connectivity index (χ4n) is 1.23. The highest BCUT2D eigenvalue weighted by Crippen LogP contribution is 2.22. The minimum Gasteiger partial charge on any atom is -0.391 e. The number of halogens is 2. The number of carbonyl (C=O) groups excluding carboxylic acids is 1. The maximum atomic E-state index is 11.5. The second-order valence-electron chi connectivity index (χ2n) is 4.30. The third-order valence-electron chi connectivity index (χ3n) is 2.36. The van der Waals surface area contributed by atoms with Gasteiger partial charge in [-0.3, -0.25) is 0 Å². The van der Waals surface area contributed by atoms with Gasteiger partial charge >= 0.3 is 6.03 Å². The second kappa shape index (κ2) is 6.83. The minimum atomic E-state index is -0.571. The fraction of sp³-hybridized carbons (Fsp3) is 0.417. The Kier molecular flexibility index (Phi) is 5.72. The van der Waals surface area contributed by atoms with E-state index in [1.165, 1.54) is 0 Å². The molecule has 1 aromatic rings. The molecule has 0 heterocycles. The van der Waals surface area contributed by atoms with E-state index >= 15 is 0 Å². The van der Waals surface area contributed by atoms with Crippen molar-refractivity contribution < 1.29 is 9.90 Å². The van der Waals surface area contributed by atoms with Gasteiger partial charge in [0.1, 0.15) is 0 Å². The zero-order valence-electron chi connectivity index (χ0n) is 10.2. The quantitative estimate of drug-likeness (QED) is 0.798. The van der Waals surface area contributed by atoms with Crippen LogP contribution in [-0.2, 0) is 0 Å². The van der Waals surface area contributed by atoms with E-state index < -0.39 is 12.1 Å². The van der Waals surface area contributed by atoms with Crippen LogP contribution in [0.3, 0.4) is 0 Å². The number of hydrogen-bond acceptors (Lipinski definition) is 2. The van der Waals surface area contributed by atoms with Gasteiger partial charge in [-0.15, -0.1) is 0 Å². The van der Waals surface area contributed by atoms with Gasteiger partial charge in [-0.2, -0.15) is 0 Å². The molecule has 0 saturated carbocycles. The molecule has 0 spiro atoms. The SMILES string of the molecule is CC(C)C(O)CNC(=O)Nc1cc(Cl)cc(Cl)c1. The van der Waals surface area contributed by atoms with Crippen LogP contribution >= 0.6 is 23.2 Å². The van der Waals surface area contributed by atoms with Crippen molar-refractivity contribution >= 4 is 34.9 Å². The molecule has 0 fully saturated rings. The number of urea groups is 1. The summed E-state index contributed by atoms with van der Waals surface area (Å²) in [5, 5.41) is 15.6. The highest BCUT2D eigenvalue weighted by molar-refractivity contribution is 6.35. The molecule has 1 atom stereocenters. The minimum absolute atomic E-state index is 0.0888. The third-order valence-corrected chi connectivity index (χ3v) is 2.80. The first-order chi connectivity index (χ1) is 8.38. The number of anilines is 1. The zero-order chi connectivity index (χ0) is 13.7. The summed E-state index contributed by atoms with van der Waals surface area (Å²) in [6.45, 7) is 3.94. The molecule has 100 valence electrons. The van der Waals surface area contributed by atoms with Crippen LogP contribution in [0.15, 0.2) is 18.2 Å². The van der Waals surface area contributed by atoms with Crippen LogP contribution in [-0.4, -0.2) is 23.8 Å². The maximum Gasteiger partial charge on any atom is 0.319 e. The van der Waals surface area contributed by atoms with Crippen LogP contribution in [0.4, 0.5) is 10.5 Å². The topological polar surface area (TPSA) is 61.4 Å². The number of benzene rings is 1. The Balaban J connectivity index is 2.49. The van der Waals surface area contributed by atoms with Crippen molar-refractivity contribution in [3.8, 4) is 0 Å². The molecule has 0 bridgehead atoms. The Labute approximate surface area is 116 Å². The van der Waals surface area contributed by atoms with Gasteiger partial charge in [0.15, 0.2) is 0 Å². The molecule has 18 heavy (non-hydrogen) atoms. The lowest BCUT2D eigenvalue weighted by atomic mass is 10.1. The standard InChI is InChI=1S/C12H16Cl2N2O2/c1-7(2)11(17)6-15-12(18)16-10-4-8(13)3-9(14)5-10/h3-5,7,11,17H,6H2,1-2H3,(H2,15,16,18). The molecule has 1 aromatic carbocycles.